The minimum absolute atomic E-state index is 0.161. The quantitative estimate of drug-likeness (QED) is 0.341. The number of carbonyl (C=O) groups is 1. The summed E-state index contributed by atoms with van der Waals surface area (Å²) >= 11 is 0. The van der Waals surface area contributed by atoms with Crippen molar-refractivity contribution >= 4 is 11.9 Å². The third-order valence-corrected chi connectivity index (χ3v) is 4.65. The second kappa shape index (κ2) is 9.95. The molecule has 8 heteroatoms. The highest BCUT2D eigenvalue weighted by Crippen LogP contribution is 2.30. The van der Waals surface area contributed by atoms with Gasteiger partial charge in [-0.1, -0.05) is 6.07 Å². The molecule has 2 aromatic rings. The van der Waals surface area contributed by atoms with Gasteiger partial charge < -0.3 is 25.1 Å². The van der Waals surface area contributed by atoms with Gasteiger partial charge in [-0.15, -0.1) is 0 Å². The number of guanidine groups is 1. The van der Waals surface area contributed by atoms with Crippen LogP contribution in [0.4, 0.5) is 4.39 Å². The summed E-state index contributed by atoms with van der Waals surface area (Å²) in [5.74, 6) is 1.07. The molecule has 1 unspecified atom stereocenters. The van der Waals surface area contributed by atoms with E-state index in [1.54, 1.807) is 25.2 Å². The zero-order valence-corrected chi connectivity index (χ0v) is 16.7. The van der Waals surface area contributed by atoms with Crippen LogP contribution in [-0.4, -0.2) is 38.6 Å². The molecule has 1 fully saturated rings. The molecule has 1 amide bonds. The van der Waals surface area contributed by atoms with Crippen molar-refractivity contribution in [1.82, 2.24) is 16.0 Å². The summed E-state index contributed by atoms with van der Waals surface area (Å²) in [4.78, 5) is 16.0. The number of rotatable bonds is 9. The first-order valence-corrected chi connectivity index (χ1v) is 9.78. The van der Waals surface area contributed by atoms with Crippen molar-refractivity contribution in [2.24, 2.45) is 10.9 Å². The summed E-state index contributed by atoms with van der Waals surface area (Å²) in [6.07, 6.45) is 3.79. The molecular formula is C21H27FN4O3. The van der Waals surface area contributed by atoms with E-state index >= 15 is 0 Å². The molecule has 0 radical (unpaired) electrons. The highest BCUT2D eigenvalue weighted by molar-refractivity contribution is 5.91. The molecule has 1 aromatic heterocycles. The van der Waals surface area contributed by atoms with E-state index in [-0.39, 0.29) is 23.5 Å². The Balaban J connectivity index is 1.43. The first-order valence-electron chi connectivity index (χ1n) is 9.78. The van der Waals surface area contributed by atoms with Crippen LogP contribution in [0, 0.1) is 11.7 Å². The predicted octanol–water partition coefficient (Wildman–Crippen LogP) is 2.86. The summed E-state index contributed by atoms with van der Waals surface area (Å²) < 4.78 is 24.9. The Morgan fingerprint density at radius 2 is 2.10 bits per heavy atom. The lowest BCUT2D eigenvalue weighted by molar-refractivity contribution is 0.0926. The number of amides is 1. The summed E-state index contributed by atoms with van der Waals surface area (Å²) in [6, 6.07) is 8.11. The fourth-order valence-electron chi connectivity index (χ4n) is 2.73. The number of ether oxygens (including phenoxy) is 1. The zero-order chi connectivity index (χ0) is 20.6. The minimum atomic E-state index is -0.361. The van der Waals surface area contributed by atoms with Crippen LogP contribution < -0.4 is 20.7 Å². The van der Waals surface area contributed by atoms with E-state index in [1.807, 2.05) is 13.0 Å². The van der Waals surface area contributed by atoms with Gasteiger partial charge in [0.25, 0.3) is 5.91 Å². The van der Waals surface area contributed by atoms with Gasteiger partial charge in [0.15, 0.2) is 23.3 Å². The molecule has 3 rings (SSSR count). The van der Waals surface area contributed by atoms with Crippen molar-refractivity contribution in [3.8, 4) is 5.75 Å². The molecule has 0 spiro atoms. The lowest BCUT2D eigenvalue weighted by Crippen LogP contribution is -2.42. The molecule has 1 atom stereocenters. The predicted molar refractivity (Wildman–Crippen MR) is 109 cm³/mol. The number of benzene rings is 1. The molecule has 3 N–H and O–H groups in total. The molecular weight excluding hydrogens is 375 g/mol. The zero-order valence-electron chi connectivity index (χ0n) is 16.7. The Morgan fingerprint density at radius 1 is 1.31 bits per heavy atom. The number of furan rings is 1. The molecule has 29 heavy (non-hydrogen) atoms. The highest BCUT2D eigenvalue weighted by atomic mass is 19.1. The monoisotopic (exact) mass is 402 g/mol. The van der Waals surface area contributed by atoms with Crippen LogP contribution in [0.2, 0.25) is 0 Å². The van der Waals surface area contributed by atoms with Crippen LogP contribution in [0.1, 0.15) is 41.9 Å². The van der Waals surface area contributed by atoms with Crippen molar-refractivity contribution in [1.29, 1.82) is 0 Å². The molecule has 7 nitrogen and oxygen atoms in total. The third kappa shape index (κ3) is 6.23. The number of hydrogen-bond acceptors (Lipinski definition) is 4. The molecule has 0 bridgehead atoms. The number of carbonyl (C=O) groups excluding carboxylic acids is 1. The highest BCUT2D eigenvalue weighted by Gasteiger charge is 2.22. The van der Waals surface area contributed by atoms with Crippen LogP contribution in [0.3, 0.4) is 0 Å². The van der Waals surface area contributed by atoms with Crippen molar-refractivity contribution < 1.29 is 18.3 Å². The van der Waals surface area contributed by atoms with Gasteiger partial charge in [0, 0.05) is 20.1 Å². The molecule has 1 aliphatic rings. The van der Waals surface area contributed by atoms with Crippen LogP contribution in [0.15, 0.2) is 46.0 Å². The third-order valence-electron chi connectivity index (χ3n) is 4.65. The Kier molecular flexibility index (Phi) is 7.10. The van der Waals surface area contributed by atoms with Gasteiger partial charge in [-0.2, -0.15) is 0 Å². The Morgan fingerprint density at radius 3 is 2.76 bits per heavy atom. The first kappa shape index (κ1) is 20.7. The van der Waals surface area contributed by atoms with E-state index in [4.69, 9.17) is 9.15 Å². The van der Waals surface area contributed by atoms with Crippen LogP contribution in [-0.2, 0) is 0 Å². The van der Waals surface area contributed by atoms with Gasteiger partial charge in [-0.05, 0) is 55.5 Å². The van der Waals surface area contributed by atoms with Gasteiger partial charge in [0.2, 0.25) is 0 Å². The Hall–Kier alpha value is -3.03. The number of aliphatic imine (C=N–C) groups is 1. The molecule has 1 saturated carbocycles. The maximum atomic E-state index is 14.3. The average Bonchev–Trinajstić information content (AvgIpc) is 3.38. The van der Waals surface area contributed by atoms with Crippen LogP contribution in [0.5, 0.6) is 5.75 Å². The normalized spacial score (nSPS) is 14.9. The number of nitrogens with one attached hydrogen (secondary N) is 3. The van der Waals surface area contributed by atoms with Crippen LogP contribution in [0.25, 0.3) is 0 Å². The molecule has 156 valence electrons. The average molecular weight is 402 g/mol. The van der Waals surface area contributed by atoms with Gasteiger partial charge in [0.05, 0.1) is 18.9 Å². The number of halogens is 1. The fourth-order valence-corrected chi connectivity index (χ4v) is 2.73. The van der Waals surface area contributed by atoms with E-state index in [9.17, 15) is 9.18 Å². The van der Waals surface area contributed by atoms with Crippen molar-refractivity contribution in [2.45, 2.75) is 25.8 Å². The van der Waals surface area contributed by atoms with E-state index in [0.29, 0.717) is 37.3 Å². The topological polar surface area (TPSA) is 87.9 Å². The van der Waals surface area contributed by atoms with Gasteiger partial charge in [0.1, 0.15) is 0 Å². The van der Waals surface area contributed by atoms with E-state index < -0.39 is 0 Å². The fraction of sp³-hybridized carbons (Fsp3) is 0.429. The van der Waals surface area contributed by atoms with Crippen molar-refractivity contribution in [3.63, 3.8) is 0 Å². The molecule has 0 aliphatic heterocycles. The van der Waals surface area contributed by atoms with Gasteiger partial charge in [-0.3, -0.25) is 9.79 Å². The lowest BCUT2D eigenvalue weighted by atomic mass is 10.1. The first-order chi connectivity index (χ1) is 14.1. The number of nitrogens with zero attached hydrogens (tertiary/aromatic N) is 1. The molecule has 1 aromatic carbocycles. The smallest absolute Gasteiger partial charge is 0.287 e. The largest absolute Gasteiger partial charge is 0.490 e. The summed E-state index contributed by atoms with van der Waals surface area (Å²) in [5.41, 5.74) is 0.787. The second-order valence-corrected chi connectivity index (χ2v) is 7.04. The summed E-state index contributed by atoms with van der Waals surface area (Å²) in [5, 5.41) is 9.06. The second-order valence-electron chi connectivity index (χ2n) is 7.04. The maximum absolute atomic E-state index is 14.3. The lowest BCUT2D eigenvalue weighted by Gasteiger charge is -2.19. The Labute approximate surface area is 169 Å². The Bertz CT molecular complexity index is 834. The van der Waals surface area contributed by atoms with Crippen molar-refractivity contribution in [2.75, 3.05) is 26.7 Å². The summed E-state index contributed by atoms with van der Waals surface area (Å²) in [7, 11) is 1.65. The van der Waals surface area contributed by atoms with Gasteiger partial charge in [-0.25, -0.2) is 4.39 Å². The SMILES string of the molecule is CN=C(NCCNC(=O)c1ccco1)NC(C)c1ccc(OCC2CC2)c(F)c1. The molecule has 1 heterocycles. The number of hydrogen-bond donors (Lipinski definition) is 3. The minimum Gasteiger partial charge on any atom is -0.490 e. The van der Waals surface area contributed by atoms with Gasteiger partial charge >= 0.3 is 0 Å². The summed E-state index contributed by atoms with van der Waals surface area (Å²) in [6.45, 7) is 3.37. The molecule has 0 saturated heterocycles. The van der Waals surface area contributed by atoms with E-state index in [0.717, 1.165) is 5.56 Å². The van der Waals surface area contributed by atoms with E-state index in [1.165, 1.54) is 25.2 Å². The standard InChI is InChI=1S/C21H27FN4O3/c1-14(16-7-8-18(17(22)12-16)29-13-15-5-6-15)26-21(23-2)25-10-9-24-20(27)19-4-3-11-28-19/h3-4,7-8,11-12,14-15H,5-6,9-10,13H2,1-2H3,(H,24,27)(H2,23,25,26). The van der Waals surface area contributed by atoms with Crippen LogP contribution >= 0.6 is 0 Å². The maximum Gasteiger partial charge on any atom is 0.287 e. The molecule has 1 aliphatic carbocycles. The van der Waals surface area contributed by atoms with E-state index in [2.05, 4.69) is 20.9 Å². The van der Waals surface area contributed by atoms with Crippen molar-refractivity contribution in [3.05, 3.63) is 53.7 Å².